The molecule has 328 valence electrons. The number of fused-ring (bicyclic) bond motifs is 7. The number of hydrogen-bond donors (Lipinski definition) is 4. The summed E-state index contributed by atoms with van der Waals surface area (Å²) in [7, 11) is 0. The van der Waals surface area contributed by atoms with Crippen LogP contribution >= 0.6 is 0 Å². The Morgan fingerprint density at radius 3 is 2.02 bits per heavy atom. The van der Waals surface area contributed by atoms with Gasteiger partial charge in [0.2, 0.25) is 11.8 Å². The highest BCUT2D eigenvalue weighted by molar-refractivity contribution is 5.84. The lowest BCUT2D eigenvalue weighted by molar-refractivity contribution is -0.213. The van der Waals surface area contributed by atoms with Crippen molar-refractivity contribution in [3.05, 3.63) is 11.6 Å². The molecule has 4 N–H and O–H groups in total. The molecule has 2 amide bonds. The first-order chi connectivity index (χ1) is 27.2. The number of esters is 1. The van der Waals surface area contributed by atoms with Crippen LogP contribution in [0.15, 0.2) is 11.6 Å². The lowest BCUT2D eigenvalue weighted by atomic mass is 9.33. The number of carbonyl (C=O) groups is 5. The molecule has 0 radical (unpaired) electrons. The third-order valence-corrected chi connectivity index (χ3v) is 17.1. The summed E-state index contributed by atoms with van der Waals surface area (Å²) in [6.45, 7) is 17.5. The van der Waals surface area contributed by atoms with Crippen LogP contribution < -0.4 is 10.6 Å². The molecular weight excluding hydrogens is 733 g/mol. The fourth-order valence-corrected chi connectivity index (χ4v) is 13.5. The van der Waals surface area contributed by atoms with E-state index in [2.05, 4.69) is 65.2 Å². The number of carboxylic acid groups (broad SMARTS) is 2. The van der Waals surface area contributed by atoms with Gasteiger partial charge in [-0.15, -0.1) is 0 Å². The van der Waals surface area contributed by atoms with Gasteiger partial charge in [0.05, 0.1) is 5.41 Å². The maximum atomic E-state index is 14.5. The third kappa shape index (κ3) is 9.51. The summed E-state index contributed by atoms with van der Waals surface area (Å²) in [5.41, 5.74) is 1.48. The maximum Gasteiger partial charge on any atom is 0.322 e. The highest BCUT2D eigenvalue weighted by Crippen LogP contribution is 2.76. The summed E-state index contributed by atoms with van der Waals surface area (Å²) in [6, 6.07) is 0. The van der Waals surface area contributed by atoms with Crippen LogP contribution in [0.2, 0.25) is 0 Å². The zero-order chi connectivity index (χ0) is 42.6. The Morgan fingerprint density at radius 2 is 1.34 bits per heavy atom. The van der Waals surface area contributed by atoms with E-state index in [-0.39, 0.29) is 81.7 Å². The van der Waals surface area contributed by atoms with Crippen LogP contribution in [0.5, 0.6) is 0 Å². The van der Waals surface area contributed by atoms with Crippen molar-refractivity contribution in [2.45, 2.75) is 196 Å². The first kappa shape index (κ1) is 46.2. The van der Waals surface area contributed by atoms with Crippen molar-refractivity contribution in [3.8, 4) is 0 Å². The first-order valence-corrected chi connectivity index (χ1v) is 23.1. The molecule has 0 spiro atoms. The van der Waals surface area contributed by atoms with Crippen LogP contribution in [0.25, 0.3) is 0 Å². The van der Waals surface area contributed by atoms with Crippen LogP contribution in [0.1, 0.15) is 190 Å². The number of nitrogens with one attached hydrogen (secondary N) is 2. The summed E-state index contributed by atoms with van der Waals surface area (Å²) >= 11 is 0. The van der Waals surface area contributed by atoms with Gasteiger partial charge in [0.1, 0.15) is 12.6 Å². The van der Waals surface area contributed by atoms with Gasteiger partial charge in [0, 0.05) is 31.2 Å². The number of rotatable bonds is 19. The largest absolute Gasteiger partial charge is 0.481 e. The van der Waals surface area contributed by atoms with E-state index in [1.165, 1.54) is 0 Å². The molecule has 10 nitrogen and oxygen atoms in total. The van der Waals surface area contributed by atoms with E-state index in [1.807, 2.05) is 0 Å². The second-order valence-corrected chi connectivity index (χ2v) is 21.5. The Balaban J connectivity index is 1.18. The van der Waals surface area contributed by atoms with E-state index in [0.717, 1.165) is 122 Å². The van der Waals surface area contributed by atoms with Crippen molar-refractivity contribution in [2.24, 2.45) is 50.2 Å². The number of ether oxygens (including phenoxy) is 1. The molecule has 0 aromatic heterocycles. The Bertz CT molecular complexity index is 1550. The summed E-state index contributed by atoms with van der Waals surface area (Å²) in [6.07, 6.45) is 21.8. The Kier molecular flexibility index (Phi) is 14.6. The highest BCUT2D eigenvalue weighted by Gasteiger charge is 2.69. The van der Waals surface area contributed by atoms with Crippen LogP contribution in [0, 0.1) is 50.2 Å². The van der Waals surface area contributed by atoms with E-state index in [1.54, 1.807) is 5.57 Å². The van der Waals surface area contributed by atoms with Gasteiger partial charge in [-0.2, -0.15) is 0 Å². The van der Waals surface area contributed by atoms with E-state index >= 15 is 0 Å². The fraction of sp³-hybridized carbons (Fsp3) is 0.854. The zero-order valence-electron chi connectivity index (χ0n) is 37.2. The molecule has 0 bridgehead atoms. The van der Waals surface area contributed by atoms with Gasteiger partial charge in [-0.3, -0.25) is 24.0 Å². The molecule has 5 aliphatic rings. The van der Waals surface area contributed by atoms with Crippen molar-refractivity contribution in [1.29, 1.82) is 0 Å². The van der Waals surface area contributed by atoms with E-state index < -0.39 is 11.9 Å². The molecule has 0 unspecified atom stereocenters. The van der Waals surface area contributed by atoms with E-state index in [4.69, 9.17) is 14.9 Å². The second kappa shape index (κ2) is 18.4. The standard InChI is InChI=1S/C48H78N2O8/c1-43(2)26-28-48(42(57)49-30-15-13-11-9-8-10-12-14-17-38(51)50-32-40(54)55)29-27-46(6)33(34(48)31-43)20-21-36-45(5)24-23-37(58-41(56)19-16-18-39(52)53)44(3,4)35(45)22-25-47(36,46)7/h20,34-37H,8-19,21-32H2,1-7H3,(H,49,57)(H,50,51)(H,52,53)(H,54,55)/t34-,35-,36+,37-,45-,46+,47+,48-/m0/s1. The summed E-state index contributed by atoms with van der Waals surface area (Å²) in [4.78, 5) is 60.6. The van der Waals surface area contributed by atoms with Gasteiger partial charge in [-0.1, -0.05) is 98.6 Å². The normalized spacial score (nSPS) is 34.5. The Hall–Kier alpha value is -2.91. The molecule has 5 aliphatic carbocycles. The van der Waals surface area contributed by atoms with Crippen LogP contribution in [-0.4, -0.2) is 59.1 Å². The minimum absolute atomic E-state index is 0.0154. The van der Waals surface area contributed by atoms with Crippen molar-refractivity contribution >= 4 is 29.7 Å². The molecule has 58 heavy (non-hydrogen) atoms. The van der Waals surface area contributed by atoms with E-state index in [0.29, 0.717) is 24.7 Å². The van der Waals surface area contributed by atoms with Crippen LogP contribution in [-0.2, 0) is 28.7 Å². The first-order valence-electron chi connectivity index (χ1n) is 23.1. The average Bonchev–Trinajstić information content (AvgIpc) is 3.14. The molecular formula is C48H78N2O8. The number of hydrogen-bond acceptors (Lipinski definition) is 6. The SMILES string of the molecule is CC1(C)CC[C@]2(C(=O)NCCCCCCCCCCC(=O)NCC(=O)O)CC[C@]3(C)C(=CC[C@@H]4[C@@]5(C)CC[C@H](OC(=O)CCCC(=O)O)C(C)(C)[C@@H]5CC[C@]43C)[C@@H]2C1. The average molecular weight is 811 g/mol. The predicted octanol–water partition coefficient (Wildman–Crippen LogP) is 9.78. The molecule has 4 saturated carbocycles. The number of aliphatic carboxylic acids is 2. The number of carboxylic acids is 2. The van der Waals surface area contributed by atoms with Gasteiger partial charge in [0.25, 0.3) is 0 Å². The Labute approximate surface area is 349 Å². The molecule has 0 aromatic carbocycles. The smallest absolute Gasteiger partial charge is 0.322 e. The van der Waals surface area contributed by atoms with Gasteiger partial charge in [-0.25, -0.2) is 0 Å². The monoisotopic (exact) mass is 811 g/mol. The number of allylic oxidation sites excluding steroid dienone is 2. The lowest BCUT2D eigenvalue weighted by Crippen LogP contribution is -2.65. The molecule has 10 heteroatoms. The molecule has 5 rings (SSSR count). The second-order valence-electron chi connectivity index (χ2n) is 21.5. The minimum atomic E-state index is -1.02. The van der Waals surface area contributed by atoms with Crippen LogP contribution in [0.4, 0.5) is 0 Å². The van der Waals surface area contributed by atoms with Gasteiger partial charge >= 0.3 is 17.9 Å². The molecule has 0 heterocycles. The molecule has 4 fully saturated rings. The van der Waals surface area contributed by atoms with Crippen molar-refractivity contribution in [2.75, 3.05) is 13.1 Å². The third-order valence-electron chi connectivity index (χ3n) is 17.1. The van der Waals surface area contributed by atoms with Crippen LogP contribution in [0.3, 0.4) is 0 Å². The fourth-order valence-electron chi connectivity index (χ4n) is 13.5. The van der Waals surface area contributed by atoms with Crippen molar-refractivity contribution < 1.29 is 38.9 Å². The van der Waals surface area contributed by atoms with Gasteiger partial charge in [-0.05, 0) is 123 Å². The predicted molar refractivity (Wildman–Crippen MR) is 226 cm³/mol. The zero-order valence-corrected chi connectivity index (χ0v) is 37.2. The van der Waals surface area contributed by atoms with Crippen molar-refractivity contribution in [3.63, 3.8) is 0 Å². The highest BCUT2D eigenvalue weighted by atomic mass is 16.5. The maximum absolute atomic E-state index is 14.5. The number of carbonyl (C=O) groups excluding carboxylic acids is 3. The minimum Gasteiger partial charge on any atom is -0.481 e. The molecule has 0 aliphatic heterocycles. The summed E-state index contributed by atoms with van der Waals surface area (Å²) < 4.78 is 6.14. The quantitative estimate of drug-likeness (QED) is 0.0570. The lowest BCUT2D eigenvalue weighted by Gasteiger charge is -2.71. The van der Waals surface area contributed by atoms with Gasteiger partial charge in [0.15, 0.2) is 0 Å². The molecule has 8 atom stereocenters. The number of amides is 2. The molecule has 0 aromatic rings. The van der Waals surface area contributed by atoms with E-state index in [9.17, 15) is 24.0 Å². The summed E-state index contributed by atoms with van der Waals surface area (Å²) in [5, 5.41) is 23.6. The van der Waals surface area contributed by atoms with Gasteiger partial charge < -0.3 is 25.6 Å². The Morgan fingerprint density at radius 1 is 0.690 bits per heavy atom. The summed E-state index contributed by atoms with van der Waals surface area (Å²) in [5.74, 6) is -0.900. The molecule has 0 saturated heterocycles. The van der Waals surface area contributed by atoms with Crippen molar-refractivity contribution in [1.82, 2.24) is 10.6 Å². The topological polar surface area (TPSA) is 159 Å². The number of unbranched alkanes of at least 4 members (excludes halogenated alkanes) is 7.